The largest absolute Gasteiger partial charge is 0.482 e. The normalized spacial score (nSPS) is 21.9. The lowest BCUT2D eigenvalue weighted by Crippen LogP contribution is -2.45. The Labute approximate surface area is 114 Å². The molecule has 1 aliphatic rings. The third kappa shape index (κ3) is 2.64. The van der Waals surface area contributed by atoms with Gasteiger partial charge in [0, 0.05) is 7.05 Å². The van der Waals surface area contributed by atoms with E-state index in [0.717, 1.165) is 0 Å². The smallest absolute Gasteiger partial charge is 0.289 e. The number of aromatic nitrogens is 3. The minimum Gasteiger partial charge on any atom is -0.482 e. The summed E-state index contributed by atoms with van der Waals surface area (Å²) in [5, 5.41) is 6.83. The second-order valence-corrected chi connectivity index (χ2v) is 4.49. The molecule has 2 aromatic rings. The standard InChI is InChI=1S/C12H14N4O4/c1-16-4-8(2-14-16)20-11-6-18-5-9(11)15-12(17)10-3-13-7-19-10/h2-4,7,9,11H,5-6H2,1H3,(H,15,17)/t9-,11+/m0/s1. The van der Waals surface area contributed by atoms with Gasteiger partial charge in [-0.3, -0.25) is 9.48 Å². The van der Waals surface area contributed by atoms with Gasteiger partial charge in [-0.25, -0.2) is 4.98 Å². The summed E-state index contributed by atoms with van der Waals surface area (Å²) in [5.74, 6) is 0.469. The van der Waals surface area contributed by atoms with Crippen LogP contribution in [0.4, 0.5) is 0 Å². The molecule has 8 heteroatoms. The molecule has 0 aromatic carbocycles. The van der Waals surface area contributed by atoms with Gasteiger partial charge < -0.3 is 19.2 Å². The molecule has 2 aromatic heterocycles. The Balaban J connectivity index is 1.62. The third-order valence-corrected chi connectivity index (χ3v) is 2.97. The zero-order valence-electron chi connectivity index (χ0n) is 10.9. The average molecular weight is 278 g/mol. The van der Waals surface area contributed by atoms with Crippen molar-refractivity contribution in [1.29, 1.82) is 0 Å². The Morgan fingerprint density at radius 3 is 3.10 bits per heavy atom. The molecule has 0 aliphatic carbocycles. The van der Waals surface area contributed by atoms with Crippen LogP contribution in [-0.4, -0.2) is 46.0 Å². The van der Waals surface area contributed by atoms with Crippen LogP contribution < -0.4 is 10.1 Å². The second-order valence-electron chi connectivity index (χ2n) is 4.49. The lowest BCUT2D eigenvalue weighted by Gasteiger charge is -2.18. The van der Waals surface area contributed by atoms with Gasteiger partial charge in [-0.15, -0.1) is 0 Å². The first-order valence-corrected chi connectivity index (χ1v) is 6.15. The summed E-state index contributed by atoms with van der Waals surface area (Å²) >= 11 is 0. The van der Waals surface area contributed by atoms with Crippen LogP contribution in [0.2, 0.25) is 0 Å². The Morgan fingerprint density at radius 2 is 2.40 bits per heavy atom. The molecule has 0 unspecified atom stereocenters. The summed E-state index contributed by atoms with van der Waals surface area (Å²) in [6.45, 7) is 0.807. The summed E-state index contributed by atoms with van der Waals surface area (Å²) in [4.78, 5) is 15.6. The number of carbonyl (C=O) groups is 1. The topological polar surface area (TPSA) is 91.4 Å². The maximum absolute atomic E-state index is 11.9. The van der Waals surface area contributed by atoms with Gasteiger partial charge in [-0.05, 0) is 0 Å². The van der Waals surface area contributed by atoms with Crippen LogP contribution >= 0.6 is 0 Å². The molecule has 1 N–H and O–H groups in total. The highest BCUT2D eigenvalue weighted by Crippen LogP contribution is 2.16. The Kier molecular flexibility index (Phi) is 3.38. The van der Waals surface area contributed by atoms with Gasteiger partial charge in [0.1, 0.15) is 6.10 Å². The summed E-state index contributed by atoms with van der Waals surface area (Å²) in [6.07, 6.45) is 5.69. The van der Waals surface area contributed by atoms with Crippen LogP contribution in [0.1, 0.15) is 10.6 Å². The molecule has 1 fully saturated rings. The molecule has 3 heterocycles. The molecule has 1 amide bonds. The van der Waals surface area contributed by atoms with E-state index >= 15 is 0 Å². The Morgan fingerprint density at radius 1 is 1.50 bits per heavy atom. The van der Waals surface area contributed by atoms with Crippen molar-refractivity contribution in [3.05, 3.63) is 30.7 Å². The van der Waals surface area contributed by atoms with Gasteiger partial charge in [-0.2, -0.15) is 5.10 Å². The second kappa shape index (κ2) is 5.33. The SMILES string of the molecule is Cn1cc(O[C@@H]2COC[C@@H]2NC(=O)c2cnco2)cn1. The molecular formula is C12H14N4O4. The third-order valence-electron chi connectivity index (χ3n) is 2.97. The van der Waals surface area contributed by atoms with E-state index in [1.165, 1.54) is 12.6 Å². The zero-order valence-corrected chi connectivity index (χ0v) is 10.9. The number of hydrogen-bond acceptors (Lipinski definition) is 6. The summed E-state index contributed by atoms with van der Waals surface area (Å²) in [6, 6.07) is -0.243. The molecule has 0 bridgehead atoms. The molecule has 0 radical (unpaired) electrons. The number of nitrogens with zero attached hydrogens (tertiary/aromatic N) is 3. The van der Waals surface area contributed by atoms with Gasteiger partial charge in [0.2, 0.25) is 5.76 Å². The van der Waals surface area contributed by atoms with Crippen molar-refractivity contribution in [2.45, 2.75) is 12.1 Å². The fraction of sp³-hybridized carbons (Fsp3) is 0.417. The van der Waals surface area contributed by atoms with Crippen LogP contribution in [-0.2, 0) is 11.8 Å². The fourth-order valence-electron chi connectivity index (χ4n) is 1.99. The average Bonchev–Trinajstić information content (AvgIpc) is 3.13. The zero-order chi connectivity index (χ0) is 13.9. The highest BCUT2D eigenvalue weighted by atomic mass is 16.5. The molecule has 1 aliphatic heterocycles. The van der Waals surface area contributed by atoms with Crippen molar-refractivity contribution in [3.8, 4) is 5.75 Å². The number of rotatable bonds is 4. The van der Waals surface area contributed by atoms with E-state index in [9.17, 15) is 4.79 Å². The number of oxazole rings is 1. The number of amides is 1. The lowest BCUT2D eigenvalue weighted by atomic mass is 10.2. The molecule has 3 rings (SSSR count). The van der Waals surface area contributed by atoms with Crippen LogP contribution in [0, 0.1) is 0 Å². The lowest BCUT2D eigenvalue weighted by molar-refractivity contribution is 0.0876. The molecule has 8 nitrogen and oxygen atoms in total. The molecule has 20 heavy (non-hydrogen) atoms. The van der Waals surface area contributed by atoms with E-state index in [0.29, 0.717) is 19.0 Å². The minimum absolute atomic E-state index is 0.164. The minimum atomic E-state index is -0.335. The Bertz CT molecular complexity index is 580. The molecule has 0 saturated carbocycles. The number of ether oxygens (including phenoxy) is 2. The van der Waals surface area contributed by atoms with E-state index in [2.05, 4.69) is 15.4 Å². The van der Waals surface area contributed by atoms with Gasteiger partial charge in [0.25, 0.3) is 5.91 Å². The Hall–Kier alpha value is -2.35. The maximum Gasteiger partial charge on any atom is 0.289 e. The molecular weight excluding hydrogens is 264 g/mol. The van der Waals surface area contributed by atoms with Crippen molar-refractivity contribution < 1.29 is 18.7 Å². The van der Waals surface area contributed by atoms with E-state index < -0.39 is 0 Å². The predicted octanol–water partition coefficient (Wildman–Crippen LogP) is -0.0157. The first-order chi connectivity index (χ1) is 9.72. The van der Waals surface area contributed by atoms with Crippen LogP contribution in [0.3, 0.4) is 0 Å². The van der Waals surface area contributed by atoms with E-state index in [1.807, 2.05) is 0 Å². The predicted molar refractivity (Wildman–Crippen MR) is 66.2 cm³/mol. The van der Waals surface area contributed by atoms with Crippen molar-refractivity contribution in [2.24, 2.45) is 7.05 Å². The summed E-state index contributed by atoms with van der Waals surface area (Å²) in [5.41, 5.74) is 0. The fourth-order valence-corrected chi connectivity index (χ4v) is 1.99. The first-order valence-electron chi connectivity index (χ1n) is 6.15. The van der Waals surface area contributed by atoms with Crippen LogP contribution in [0.5, 0.6) is 5.75 Å². The number of hydrogen-bond donors (Lipinski definition) is 1. The molecule has 0 spiro atoms. The van der Waals surface area contributed by atoms with Gasteiger partial charge in [-0.1, -0.05) is 0 Å². The van der Waals surface area contributed by atoms with E-state index in [4.69, 9.17) is 13.9 Å². The maximum atomic E-state index is 11.9. The van der Waals surface area contributed by atoms with Gasteiger partial charge in [0.15, 0.2) is 12.1 Å². The van der Waals surface area contributed by atoms with Crippen molar-refractivity contribution in [1.82, 2.24) is 20.1 Å². The van der Waals surface area contributed by atoms with E-state index in [-0.39, 0.29) is 23.8 Å². The molecule has 2 atom stereocenters. The van der Waals surface area contributed by atoms with E-state index in [1.54, 1.807) is 24.1 Å². The summed E-state index contributed by atoms with van der Waals surface area (Å²) < 4.78 is 17.7. The van der Waals surface area contributed by atoms with Gasteiger partial charge >= 0.3 is 0 Å². The highest BCUT2D eigenvalue weighted by molar-refractivity contribution is 5.91. The molecule has 106 valence electrons. The molecule has 1 saturated heterocycles. The first kappa shape index (κ1) is 12.7. The number of nitrogens with one attached hydrogen (secondary N) is 1. The summed E-state index contributed by atoms with van der Waals surface area (Å²) in [7, 11) is 1.81. The van der Waals surface area contributed by atoms with Gasteiger partial charge in [0.05, 0.1) is 37.8 Å². The van der Waals surface area contributed by atoms with Crippen molar-refractivity contribution in [2.75, 3.05) is 13.2 Å². The number of aryl methyl sites for hydroxylation is 1. The van der Waals surface area contributed by atoms with Crippen LogP contribution in [0.25, 0.3) is 0 Å². The van der Waals surface area contributed by atoms with Crippen LogP contribution in [0.15, 0.2) is 29.4 Å². The quantitative estimate of drug-likeness (QED) is 0.845. The van der Waals surface area contributed by atoms with Crippen molar-refractivity contribution in [3.63, 3.8) is 0 Å². The number of carbonyl (C=O) groups excluding carboxylic acids is 1. The highest BCUT2D eigenvalue weighted by Gasteiger charge is 2.32. The monoisotopic (exact) mass is 278 g/mol. The van der Waals surface area contributed by atoms with Crippen molar-refractivity contribution >= 4 is 5.91 Å².